The predicted octanol–water partition coefficient (Wildman–Crippen LogP) is 11.8. The minimum Gasteiger partial charge on any atom is -0.0596 e. The number of benzene rings is 2. The van der Waals surface area contributed by atoms with Gasteiger partial charge in [-0.25, -0.2) is 0 Å². The molecule has 4 unspecified atom stereocenters. The van der Waals surface area contributed by atoms with Crippen LogP contribution in [-0.2, 0) is 10.8 Å². The van der Waals surface area contributed by atoms with Crippen molar-refractivity contribution in [1.82, 2.24) is 0 Å². The molecule has 4 atom stereocenters. The van der Waals surface area contributed by atoms with Gasteiger partial charge in [0.15, 0.2) is 0 Å². The summed E-state index contributed by atoms with van der Waals surface area (Å²) in [4.78, 5) is 0. The SMILES string of the molecule is Cc1cc(C23CC4(C)CC(C)(C2)CC(C25CC6(C)CC(C)(CC(c7ccc(Br)c(C)c7)(C6)C2)C5)(C4)C3)ccc1Br. The Balaban J connectivity index is 1.31. The van der Waals surface area contributed by atoms with Crippen LogP contribution in [0.5, 0.6) is 0 Å². The summed E-state index contributed by atoms with van der Waals surface area (Å²) in [6, 6.07) is 14.9. The van der Waals surface area contributed by atoms with E-state index in [1.807, 2.05) is 0 Å². The quantitative estimate of drug-likeness (QED) is 0.306. The lowest BCUT2D eigenvalue weighted by Gasteiger charge is -2.80. The van der Waals surface area contributed by atoms with Crippen molar-refractivity contribution in [3.8, 4) is 0 Å². The molecule has 0 heterocycles. The molecule has 2 aromatic carbocycles. The maximum Gasteiger partial charge on any atom is 0.0204 e. The smallest absolute Gasteiger partial charge is 0.0204 e. The minimum absolute atomic E-state index is 0.343. The van der Waals surface area contributed by atoms with Crippen LogP contribution in [0.2, 0.25) is 0 Å². The molecule has 8 aliphatic carbocycles. The molecular weight excluding hydrogens is 616 g/mol. The van der Waals surface area contributed by atoms with Gasteiger partial charge in [0.05, 0.1) is 0 Å². The van der Waals surface area contributed by atoms with Crippen molar-refractivity contribution in [2.45, 2.75) is 129 Å². The molecule has 8 saturated carbocycles. The van der Waals surface area contributed by atoms with Crippen molar-refractivity contribution < 1.29 is 0 Å². The molecule has 0 aromatic heterocycles. The Morgan fingerprint density at radius 3 is 1.07 bits per heavy atom. The lowest BCUT2D eigenvalue weighted by atomic mass is 9.24. The first-order valence-electron chi connectivity index (χ1n) is 16.1. The van der Waals surface area contributed by atoms with E-state index >= 15 is 0 Å². The molecule has 2 heteroatoms. The Morgan fingerprint density at radius 1 is 0.450 bits per heavy atom. The highest BCUT2D eigenvalue weighted by Gasteiger charge is 2.76. The van der Waals surface area contributed by atoms with Gasteiger partial charge < -0.3 is 0 Å². The van der Waals surface area contributed by atoms with Crippen molar-refractivity contribution in [3.63, 3.8) is 0 Å². The fraction of sp³-hybridized carbons (Fsp3) is 0.684. The summed E-state index contributed by atoms with van der Waals surface area (Å²) in [5, 5.41) is 0. The van der Waals surface area contributed by atoms with Crippen LogP contribution in [0.25, 0.3) is 0 Å². The molecule has 0 aliphatic heterocycles. The summed E-state index contributed by atoms with van der Waals surface area (Å²) < 4.78 is 2.53. The van der Waals surface area contributed by atoms with Crippen LogP contribution < -0.4 is 0 Å². The molecule has 10 rings (SSSR count). The molecule has 214 valence electrons. The molecule has 8 bridgehead atoms. The van der Waals surface area contributed by atoms with E-state index in [-0.39, 0.29) is 0 Å². The average molecular weight is 665 g/mol. The standard InChI is InChI=1S/C38H48Br2/c1-25-11-27(7-9-29(25)39)35-15-31(3)13-32(4,16-35)20-37(19-31,23-35)38-21-33(5)14-34(6,22-38)18-36(17-33,24-38)28-8-10-30(40)26(2)12-28/h7-12H,13-24H2,1-6H3. The van der Waals surface area contributed by atoms with Crippen LogP contribution in [0, 0.1) is 46.3 Å². The van der Waals surface area contributed by atoms with E-state index in [2.05, 4.69) is 110 Å². The van der Waals surface area contributed by atoms with Gasteiger partial charge >= 0.3 is 0 Å². The van der Waals surface area contributed by atoms with E-state index in [1.54, 1.807) is 11.1 Å². The number of rotatable bonds is 3. The third-order valence-electron chi connectivity index (χ3n) is 13.8. The van der Waals surface area contributed by atoms with Crippen LogP contribution in [0.3, 0.4) is 0 Å². The third kappa shape index (κ3) is 3.53. The predicted molar refractivity (Wildman–Crippen MR) is 174 cm³/mol. The second kappa shape index (κ2) is 7.72. The van der Waals surface area contributed by atoms with Crippen molar-refractivity contribution >= 4 is 31.9 Å². The Kier molecular flexibility index (Phi) is 5.21. The van der Waals surface area contributed by atoms with Crippen LogP contribution in [0.15, 0.2) is 45.3 Å². The Hall–Kier alpha value is -0.600. The van der Waals surface area contributed by atoms with Gasteiger partial charge in [-0.2, -0.15) is 0 Å². The van der Waals surface area contributed by atoms with Crippen LogP contribution in [0.1, 0.15) is 127 Å². The van der Waals surface area contributed by atoms with E-state index in [9.17, 15) is 0 Å². The van der Waals surface area contributed by atoms with E-state index in [4.69, 9.17) is 0 Å². The molecule has 8 aliphatic rings. The highest BCUT2D eigenvalue weighted by atomic mass is 79.9. The Labute approximate surface area is 260 Å². The van der Waals surface area contributed by atoms with Crippen LogP contribution in [0.4, 0.5) is 0 Å². The largest absolute Gasteiger partial charge is 0.0596 e. The molecule has 0 N–H and O–H groups in total. The zero-order valence-electron chi connectivity index (χ0n) is 25.7. The molecular formula is C38H48Br2. The summed E-state index contributed by atoms with van der Waals surface area (Å²) >= 11 is 7.65. The Morgan fingerprint density at radius 2 is 0.775 bits per heavy atom. The highest BCUT2D eigenvalue weighted by molar-refractivity contribution is 9.10. The number of aryl methyl sites for hydroxylation is 2. The second-order valence-corrected chi connectivity index (χ2v) is 20.1. The highest BCUT2D eigenvalue weighted by Crippen LogP contribution is 2.85. The zero-order valence-corrected chi connectivity index (χ0v) is 28.9. The normalized spacial score (nSPS) is 50.1. The van der Waals surface area contributed by atoms with E-state index in [0.29, 0.717) is 43.3 Å². The molecule has 8 fully saturated rings. The van der Waals surface area contributed by atoms with Gasteiger partial charge in [0.25, 0.3) is 0 Å². The number of halogens is 2. The van der Waals surface area contributed by atoms with Gasteiger partial charge in [-0.15, -0.1) is 0 Å². The first-order chi connectivity index (χ1) is 18.6. The third-order valence-corrected chi connectivity index (χ3v) is 15.6. The van der Waals surface area contributed by atoms with Gasteiger partial charge in [-0.1, -0.05) is 83.8 Å². The van der Waals surface area contributed by atoms with Crippen LogP contribution >= 0.6 is 31.9 Å². The van der Waals surface area contributed by atoms with Gasteiger partial charge in [-0.05, 0) is 169 Å². The first-order valence-corrected chi connectivity index (χ1v) is 17.7. The summed E-state index contributed by atoms with van der Waals surface area (Å²) in [5.41, 5.74) is 9.64. The van der Waals surface area contributed by atoms with Crippen molar-refractivity contribution in [2.75, 3.05) is 0 Å². The topological polar surface area (TPSA) is 0 Å². The molecule has 0 spiro atoms. The van der Waals surface area contributed by atoms with E-state index in [0.717, 1.165) is 0 Å². The van der Waals surface area contributed by atoms with Gasteiger partial charge in [0.2, 0.25) is 0 Å². The maximum atomic E-state index is 3.83. The number of hydrogen-bond acceptors (Lipinski definition) is 0. The molecule has 0 saturated heterocycles. The molecule has 2 aromatic rings. The zero-order chi connectivity index (χ0) is 28.2. The lowest BCUT2D eigenvalue weighted by molar-refractivity contribution is -0.275. The van der Waals surface area contributed by atoms with Gasteiger partial charge in [0, 0.05) is 8.95 Å². The lowest BCUT2D eigenvalue weighted by Crippen LogP contribution is -2.71. The van der Waals surface area contributed by atoms with Crippen molar-refractivity contribution in [1.29, 1.82) is 0 Å². The summed E-state index contributed by atoms with van der Waals surface area (Å²) in [6.45, 7) is 15.5. The molecule has 40 heavy (non-hydrogen) atoms. The second-order valence-electron chi connectivity index (χ2n) is 18.4. The molecule has 0 radical (unpaired) electrons. The summed E-state index contributed by atoms with van der Waals surface area (Å²) in [7, 11) is 0. The van der Waals surface area contributed by atoms with Gasteiger partial charge in [-0.3, -0.25) is 0 Å². The van der Waals surface area contributed by atoms with Crippen LogP contribution in [-0.4, -0.2) is 0 Å². The first kappa shape index (κ1) is 27.0. The Bertz CT molecular complexity index is 1300. The average Bonchev–Trinajstić information content (AvgIpc) is 2.78. The fourth-order valence-electron chi connectivity index (χ4n) is 15.1. The fourth-order valence-corrected chi connectivity index (χ4v) is 15.6. The van der Waals surface area contributed by atoms with E-state index < -0.39 is 0 Å². The minimum atomic E-state index is 0.343. The number of hydrogen-bond donors (Lipinski definition) is 0. The van der Waals surface area contributed by atoms with Crippen molar-refractivity contribution in [3.05, 3.63) is 67.6 Å². The maximum absolute atomic E-state index is 3.83. The summed E-state index contributed by atoms with van der Waals surface area (Å²) in [5.74, 6) is 0. The molecule has 0 amide bonds. The van der Waals surface area contributed by atoms with E-state index in [1.165, 1.54) is 97.1 Å². The monoisotopic (exact) mass is 662 g/mol. The van der Waals surface area contributed by atoms with Gasteiger partial charge in [0.1, 0.15) is 0 Å². The molecule has 0 nitrogen and oxygen atoms in total. The summed E-state index contributed by atoms with van der Waals surface area (Å²) in [6.07, 6.45) is 17.3. The van der Waals surface area contributed by atoms with Crippen molar-refractivity contribution in [2.24, 2.45) is 32.5 Å².